The van der Waals surface area contributed by atoms with Gasteiger partial charge >= 0.3 is 12.1 Å². The van der Waals surface area contributed by atoms with Crippen LogP contribution in [0.15, 0.2) is 42.5 Å². The number of halogens is 5. The number of hydrogen-bond acceptors (Lipinski definition) is 3. The molecule has 0 saturated carbocycles. The number of hydrogen-bond donors (Lipinski definition) is 0. The molecule has 0 amide bonds. The van der Waals surface area contributed by atoms with Crippen LogP contribution in [0.5, 0.6) is 0 Å². The molecule has 1 aromatic heterocycles. The molecule has 28 heavy (non-hydrogen) atoms. The van der Waals surface area contributed by atoms with Crippen molar-refractivity contribution in [2.24, 2.45) is 0 Å². The van der Waals surface area contributed by atoms with Crippen LogP contribution in [0, 0.1) is 0 Å². The van der Waals surface area contributed by atoms with Gasteiger partial charge < -0.3 is 4.74 Å². The van der Waals surface area contributed by atoms with Crippen LogP contribution in [0.3, 0.4) is 0 Å². The largest absolute Gasteiger partial charge is 0.466 e. The van der Waals surface area contributed by atoms with E-state index in [4.69, 9.17) is 23.2 Å². The summed E-state index contributed by atoms with van der Waals surface area (Å²) in [5.74, 6) is -0.602. The zero-order valence-electron chi connectivity index (χ0n) is 14.4. The van der Waals surface area contributed by atoms with Gasteiger partial charge in [-0.1, -0.05) is 29.3 Å². The summed E-state index contributed by atoms with van der Waals surface area (Å²) in [4.78, 5) is 11.4. The highest BCUT2D eigenvalue weighted by Crippen LogP contribution is 2.33. The van der Waals surface area contributed by atoms with Gasteiger partial charge in [0.2, 0.25) is 0 Å². The number of rotatable bonds is 4. The molecule has 2 aromatic carbocycles. The van der Waals surface area contributed by atoms with E-state index in [1.165, 1.54) is 23.9 Å². The first-order valence-corrected chi connectivity index (χ1v) is 8.72. The quantitative estimate of drug-likeness (QED) is 0.401. The van der Waals surface area contributed by atoms with Gasteiger partial charge in [0.05, 0.1) is 30.4 Å². The fourth-order valence-corrected chi connectivity index (χ4v) is 3.11. The lowest BCUT2D eigenvalue weighted by Crippen LogP contribution is -2.06. The van der Waals surface area contributed by atoms with Gasteiger partial charge in [-0.2, -0.15) is 18.3 Å². The Labute approximate surface area is 168 Å². The molecule has 0 fully saturated rings. The highest BCUT2D eigenvalue weighted by molar-refractivity contribution is 6.35. The molecule has 0 saturated heterocycles. The second kappa shape index (κ2) is 7.85. The van der Waals surface area contributed by atoms with Crippen molar-refractivity contribution in [3.05, 3.63) is 69.3 Å². The summed E-state index contributed by atoms with van der Waals surface area (Å²) in [5, 5.41) is 5.61. The molecule has 0 atom stereocenters. The number of alkyl halides is 3. The molecule has 0 bridgehead atoms. The van der Waals surface area contributed by atoms with Gasteiger partial charge in [-0.25, -0.2) is 4.79 Å². The fraction of sp³-hybridized carbons (Fsp3) is 0.158. The molecule has 9 heteroatoms. The molecule has 0 radical (unpaired) electrons. The zero-order valence-corrected chi connectivity index (χ0v) is 15.9. The number of carbonyl (C=O) groups is 1. The molecule has 0 unspecified atom stereocenters. The minimum Gasteiger partial charge on any atom is -0.466 e. The Kier molecular flexibility index (Phi) is 5.67. The first-order chi connectivity index (χ1) is 13.2. The van der Waals surface area contributed by atoms with Crippen LogP contribution >= 0.6 is 23.2 Å². The topological polar surface area (TPSA) is 44.1 Å². The summed E-state index contributed by atoms with van der Waals surface area (Å²) in [5.41, 5.74) is 0.424. The van der Waals surface area contributed by atoms with Crippen molar-refractivity contribution >= 4 is 46.2 Å². The number of benzene rings is 2. The summed E-state index contributed by atoms with van der Waals surface area (Å²) in [6.45, 7) is 0.125. The average Bonchev–Trinajstić information content (AvgIpc) is 2.98. The predicted octanol–water partition coefficient (Wildman–Crippen LogP) is 5.60. The van der Waals surface area contributed by atoms with Crippen LogP contribution in [0.25, 0.3) is 17.0 Å². The number of ether oxygens (including phenoxy) is 1. The summed E-state index contributed by atoms with van der Waals surface area (Å²) in [7, 11) is 1.22. The van der Waals surface area contributed by atoms with Gasteiger partial charge in [-0.15, -0.1) is 0 Å². The van der Waals surface area contributed by atoms with Crippen LogP contribution in [-0.4, -0.2) is 22.9 Å². The van der Waals surface area contributed by atoms with Crippen LogP contribution < -0.4 is 0 Å². The van der Waals surface area contributed by atoms with Crippen LogP contribution in [0.4, 0.5) is 13.2 Å². The molecule has 146 valence electrons. The molecule has 0 aliphatic rings. The van der Waals surface area contributed by atoms with Crippen molar-refractivity contribution in [2.75, 3.05) is 7.11 Å². The number of fused-ring (bicyclic) bond motifs is 1. The molecule has 4 nitrogen and oxygen atoms in total. The van der Waals surface area contributed by atoms with E-state index in [0.29, 0.717) is 26.7 Å². The number of aromatic nitrogens is 2. The molecular weight excluding hydrogens is 416 g/mol. The van der Waals surface area contributed by atoms with E-state index in [1.807, 2.05) is 0 Å². The molecule has 3 rings (SSSR count). The smallest absolute Gasteiger partial charge is 0.416 e. The van der Waals surface area contributed by atoms with Gasteiger partial charge in [0.15, 0.2) is 0 Å². The maximum absolute atomic E-state index is 13.1. The Morgan fingerprint density at radius 1 is 1.21 bits per heavy atom. The van der Waals surface area contributed by atoms with Crippen molar-refractivity contribution in [3.63, 3.8) is 0 Å². The van der Waals surface area contributed by atoms with E-state index >= 15 is 0 Å². The zero-order chi connectivity index (χ0) is 20.5. The van der Waals surface area contributed by atoms with Crippen LogP contribution in [-0.2, 0) is 22.3 Å². The molecule has 1 heterocycles. The lowest BCUT2D eigenvalue weighted by molar-refractivity contribution is -0.137. The van der Waals surface area contributed by atoms with Crippen LogP contribution in [0.2, 0.25) is 10.0 Å². The van der Waals surface area contributed by atoms with Crippen LogP contribution in [0.1, 0.15) is 16.8 Å². The third-order valence-corrected chi connectivity index (χ3v) is 4.61. The minimum absolute atomic E-state index is 0.125. The van der Waals surface area contributed by atoms with Crippen molar-refractivity contribution < 1.29 is 22.7 Å². The monoisotopic (exact) mass is 428 g/mol. The first-order valence-electron chi connectivity index (χ1n) is 7.97. The summed E-state index contributed by atoms with van der Waals surface area (Å²) in [6.07, 6.45) is -1.95. The highest BCUT2D eigenvalue weighted by Gasteiger charge is 2.31. The summed E-state index contributed by atoms with van der Waals surface area (Å²) < 4.78 is 45.4. The van der Waals surface area contributed by atoms with E-state index in [1.54, 1.807) is 18.2 Å². The normalized spacial score (nSPS) is 12.1. The molecule has 0 spiro atoms. The van der Waals surface area contributed by atoms with E-state index < -0.39 is 17.7 Å². The standard InChI is InChI=1S/C19H13Cl2F3N2O2/c1-28-18(27)7-6-16-14-5-3-12(19(22,23)24)8-17(14)26(25-16)10-11-2-4-13(20)9-15(11)21/h2-9H,10H2,1H3. The van der Waals surface area contributed by atoms with E-state index in [2.05, 4.69) is 9.84 Å². The Balaban J connectivity index is 2.13. The van der Waals surface area contributed by atoms with Gasteiger partial charge in [0.25, 0.3) is 0 Å². The Hall–Kier alpha value is -2.51. The SMILES string of the molecule is COC(=O)C=Cc1nn(Cc2ccc(Cl)cc2Cl)c2cc(C(F)(F)F)ccc12. The Bertz CT molecular complexity index is 1070. The third-order valence-electron chi connectivity index (χ3n) is 4.02. The number of nitrogens with zero attached hydrogens (tertiary/aromatic N) is 2. The Morgan fingerprint density at radius 3 is 2.61 bits per heavy atom. The summed E-state index contributed by atoms with van der Waals surface area (Å²) in [6, 6.07) is 8.16. The van der Waals surface area contributed by atoms with E-state index in [9.17, 15) is 18.0 Å². The van der Waals surface area contributed by atoms with E-state index in [0.717, 1.165) is 18.2 Å². The molecule has 0 aliphatic carbocycles. The molecule has 0 N–H and O–H groups in total. The van der Waals surface area contributed by atoms with E-state index in [-0.39, 0.29) is 12.1 Å². The first kappa shape index (κ1) is 20.2. The van der Waals surface area contributed by atoms with Crippen molar-refractivity contribution in [3.8, 4) is 0 Å². The number of carbonyl (C=O) groups excluding carboxylic acids is 1. The second-order valence-corrected chi connectivity index (χ2v) is 6.71. The fourth-order valence-electron chi connectivity index (χ4n) is 2.65. The van der Waals surface area contributed by atoms with Gasteiger partial charge in [0, 0.05) is 21.5 Å². The highest BCUT2D eigenvalue weighted by atomic mass is 35.5. The third kappa shape index (κ3) is 4.31. The molecule has 3 aromatic rings. The maximum Gasteiger partial charge on any atom is 0.416 e. The molecular formula is C19H13Cl2F3N2O2. The maximum atomic E-state index is 13.1. The van der Waals surface area contributed by atoms with Crippen molar-refractivity contribution in [1.82, 2.24) is 9.78 Å². The lowest BCUT2D eigenvalue weighted by Gasteiger charge is -2.09. The second-order valence-electron chi connectivity index (χ2n) is 5.86. The van der Waals surface area contributed by atoms with Crippen molar-refractivity contribution in [2.45, 2.75) is 12.7 Å². The van der Waals surface area contributed by atoms with Gasteiger partial charge in [-0.3, -0.25) is 4.68 Å². The number of methoxy groups -OCH3 is 1. The van der Waals surface area contributed by atoms with Crippen molar-refractivity contribution in [1.29, 1.82) is 0 Å². The predicted molar refractivity (Wildman–Crippen MR) is 101 cm³/mol. The minimum atomic E-state index is -4.50. The summed E-state index contributed by atoms with van der Waals surface area (Å²) >= 11 is 12.1. The van der Waals surface area contributed by atoms with Gasteiger partial charge in [0.1, 0.15) is 0 Å². The molecule has 0 aliphatic heterocycles. The van der Waals surface area contributed by atoms with Gasteiger partial charge in [-0.05, 0) is 42.0 Å². The Morgan fingerprint density at radius 2 is 1.96 bits per heavy atom. The average molecular weight is 429 g/mol. The number of esters is 1. The lowest BCUT2D eigenvalue weighted by atomic mass is 10.1.